The maximum absolute atomic E-state index is 12.4. The van der Waals surface area contributed by atoms with Gasteiger partial charge in [0.15, 0.2) is 0 Å². The second-order valence-electron chi connectivity index (χ2n) is 6.42. The topological polar surface area (TPSA) is 102 Å². The fourth-order valence-corrected chi connectivity index (χ4v) is 2.86. The highest BCUT2D eigenvalue weighted by atomic mass is 32.2. The minimum absolute atomic E-state index is 0.0742. The lowest BCUT2D eigenvalue weighted by molar-refractivity contribution is -0.175. The van der Waals surface area contributed by atoms with E-state index in [0.29, 0.717) is 0 Å². The van der Waals surface area contributed by atoms with Gasteiger partial charge in [0.05, 0.1) is 17.8 Å². The van der Waals surface area contributed by atoms with Crippen molar-refractivity contribution in [3.05, 3.63) is 59.7 Å². The molecule has 0 aliphatic carbocycles. The second-order valence-corrected chi connectivity index (χ2v) is 7.40. The first kappa shape index (κ1) is 23.6. The number of ether oxygens (including phenoxy) is 1. The zero-order chi connectivity index (χ0) is 22.5. The number of carbonyl (C=O) groups is 1. The van der Waals surface area contributed by atoms with Crippen molar-refractivity contribution >= 4 is 22.9 Å². The fraction of sp³-hybridized carbons (Fsp3) is 0.316. The largest absolute Gasteiger partial charge is 0.755 e. The number of aliphatic hydroxyl groups excluding tert-OH is 1. The zero-order valence-corrected chi connectivity index (χ0v) is 16.9. The van der Waals surface area contributed by atoms with Gasteiger partial charge in [-0.2, -0.15) is 13.2 Å². The van der Waals surface area contributed by atoms with Crippen molar-refractivity contribution in [2.45, 2.75) is 31.9 Å². The van der Waals surface area contributed by atoms with Gasteiger partial charge in [-0.3, -0.25) is 9.00 Å². The van der Waals surface area contributed by atoms with E-state index in [1.54, 1.807) is 5.32 Å². The molecule has 30 heavy (non-hydrogen) atoms. The Morgan fingerprint density at radius 3 is 2.47 bits per heavy atom. The Bertz CT molecular complexity index is 895. The number of hydrogen-bond acceptors (Lipinski definition) is 5. The van der Waals surface area contributed by atoms with Crippen LogP contribution in [0.3, 0.4) is 0 Å². The minimum atomic E-state index is -5.09. The highest BCUT2D eigenvalue weighted by Gasteiger charge is 2.40. The number of benzene rings is 2. The van der Waals surface area contributed by atoms with Crippen molar-refractivity contribution in [3.63, 3.8) is 0 Å². The molecule has 2 aromatic rings. The summed E-state index contributed by atoms with van der Waals surface area (Å²) in [7, 11) is 1.25. The molecule has 0 aliphatic heterocycles. The average molecular weight is 445 g/mol. The standard InChI is InChI=1S/C19H21F3N2O5S/c1-12(23-18(26)19(20,21)22)17(25)14-8-9-16(15(10-14)24(2)30(27)28)29-11-13-6-4-3-5-7-13/h3-10,12,17,25H,11H2,1-2H3,(H,23,26)(H,27,28)/p-1. The van der Waals surface area contributed by atoms with E-state index in [-0.39, 0.29) is 23.6 Å². The molecule has 164 valence electrons. The summed E-state index contributed by atoms with van der Waals surface area (Å²) in [5.41, 5.74) is 1.01. The molecule has 2 aromatic carbocycles. The quantitative estimate of drug-likeness (QED) is 0.609. The number of halogens is 3. The van der Waals surface area contributed by atoms with E-state index in [9.17, 15) is 31.8 Å². The predicted octanol–water partition coefficient (Wildman–Crippen LogP) is 2.60. The fourth-order valence-electron chi connectivity index (χ4n) is 2.56. The molecule has 7 nitrogen and oxygen atoms in total. The van der Waals surface area contributed by atoms with Gasteiger partial charge in [-0.05, 0) is 30.2 Å². The lowest BCUT2D eigenvalue weighted by Crippen LogP contribution is -2.44. The van der Waals surface area contributed by atoms with Gasteiger partial charge in [0.1, 0.15) is 12.4 Å². The highest BCUT2D eigenvalue weighted by molar-refractivity contribution is 7.80. The summed E-state index contributed by atoms with van der Waals surface area (Å²) >= 11 is -2.67. The SMILES string of the molecule is CC(NC(=O)C(F)(F)F)C(O)c1ccc(OCc2ccccc2)c(N(C)S(=O)[O-])c1. The molecule has 0 saturated heterocycles. The molecule has 0 saturated carbocycles. The van der Waals surface area contributed by atoms with Crippen LogP contribution >= 0.6 is 0 Å². The first-order valence-electron chi connectivity index (χ1n) is 8.70. The Hall–Kier alpha value is -2.63. The Kier molecular flexibility index (Phi) is 7.82. The molecule has 0 aliphatic rings. The van der Waals surface area contributed by atoms with Crippen LogP contribution in [0.2, 0.25) is 0 Å². The van der Waals surface area contributed by atoms with Crippen LogP contribution in [0.25, 0.3) is 0 Å². The third kappa shape index (κ3) is 6.18. The smallest absolute Gasteiger partial charge is 0.471 e. The lowest BCUT2D eigenvalue weighted by atomic mass is 10.0. The molecule has 3 unspecified atom stereocenters. The van der Waals surface area contributed by atoms with Gasteiger partial charge in [-0.15, -0.1) is 0 Å². The first-order chi connectivity index (χ1) is 14.0. The van der Waals surface area contributed by atoms with E-state index < -0.39 is 35.5 Å². The predicted molar refractivity (Wildman–Crippen MR) is 103 cm³/mol. The molecule has 0 bridgehead atoms. The molecule has 0 heterocycles. The molecule has 0 radical (unpaired) electrons. The summed E-state index contributed by atoms with van der Waals surface area (Å²) in [6, 6.07) is 11.9. The normalized spacial score (nSPS) is 14.5. The molecule has 1 amide bonds. The van der Waals surface area contributed by atoms with Crippen molar-refractivity contribution in [2.75, 3.05) is 11.4 Å². The maximum Gasteiger partial charge on any atom is 0.471 e. The van der Waals surface area contributed by atoms with Gasteiger partial charge in [0, 0.05) is 18.3 Å². The third-order valence-electron chi connectivity index (χ3n) is 4.21. The summed E-state index contributed by atoms with van der Waals surface area (Å²) in [6.45, 7) is 1.34. The molecule has 0 fully saturated rings. The molecule has 2 rings (SSSR count). The van der Waals surface area contributed by atoms with Crippen LogP contribution in [0.5, 0.6) is 5.75 Å². The number of anilines is 1. The number of nitrogens with zero attached hydrogens (tertiary/aromatic N) is 1. The van der Waals surface area contributed by atoms with Crippen LogP contribution in [0, 0.1) is 0 Å². The van der Waals surface area contributed by atoms with Crippen LogP contribution < -0.4 is 14.4 Å². The van der Waals surface area contributed by atoms with Crippen LogP contribution in [-0.4, -0.2) is 39.0 Å². The molecular formula is C19H20F3N2O5S-. The summed E-state index contributed by atoms with van der Waals surface area (Å²) in [6.07, 6.45) is -6.61. The van der Waals surface area contributed by atoms with Gasteiger partial charge < -0.3 is 24.0 Å². The average Bonchev–Trinajstić information content (AvgIpc) is 2.70. The van der Waals surface area contributed by atoms with Crippen LogP contribution in [-0.2, 0) is 22.7 Å². The summed E-state index contributed by atoms with van der Waals surface area (Å²) in [5.74, 6) is -2.00. The van der Waals surface area contributed by atoms with Crippen molar-refractivity contribution < 1.29 is 36.6 Å². The van der Waals surface area contributed by atoms with Crippen LogP contribution in [0.4, 0.5) is 18.9 Å². The van der Waals surface area contributed by atoms with Crippen molar-refractivity contribution in [1.29, 1.82) is 0 Å². The van der Waals surface area contributed by atoms with Gasteiger partial charge in [0.2, 0.25) is 0 Å². The summed E-state index contributed by atoms with van der Waals surface area (Å²) < 4.78 is 66.7. The Morgan fingerprint density at radius 2 is 1.90 bits per heavy atom. The van der Waals surface area contributed by atoms with E-state index >= 15 is 0 Å². The number of rotatable bonds is 8. The number of aliphatic hydroxyl groups is 1. The van der Waals surface area contributed by atoms with Gasteiger partial charge >= 0.3 is 12.1 Å². The molecule has 2 N–H and O–H groups in total. The molecular weight excluding hydrogens is 425 g/mol. The molecule has 0 aromatic heterocycles. The lowest BCUT2D eigenvalue weighted by Gasteiger charge is -2.26. The van der Waals surface area contributed by atoms with Gasteiger partial charge in [-0.1, -0.05) is 36.4 Å². The Labute approximate surface area is 173 Å². The van der Waals surface area contributed by atoms with E-state index in [1.807, 2.05) is 30.3 Å². The summed E-state index contributed by atoms with van der Waals surface area (Å²) in [4.78, 5) is 11.1. The monoisotopic (exact) mass is 445 g/mol. The van der Waals surface area contributed by atoms with Crippen molar-refractivity contribution in [2.24, 2.45) is 0 Å². The van der Waals surface area contributed by atoms with E-state index in [4.69, 9.17) is 4.74 Å². The number of amides is 1. The molecule has 0 spiro atoms. The number of nitrogens with one attached hydrogen (secondary N) is 1. The molecule has 3 atom stereocenters. The highest BCUT2D eigenvalue weighted by Crippen LogP contribution is 2.33. The second kappa shape index (κ2) is 9.92. The van der Waals surface area contributed by atoms with E-state index in [1.165, 1.54) is 32.2 Å². The van der Waals surface area contributed by atoms with Gasteiger partial charge in [-0.25, -0.2) is 0 Å². The minimum Gasteiger partial charge on any atom is -0.755 e. The van der Waals surface area contributed by atoms with E-state index in [2.05, 4.69) is 0 Å². The first-order valence-corrected chi connectivity index (χ1v) is 9.73. The number of hydrogen-bond donors (Lipinski definition) is 2. The summed E-state index contributed by atoms with van der Waals surface area (Å²) in [5, 5.41) is 12.0. The third-order valence-corrected chi connectivity index (χ3v) is 4.86. The van der Waals surface area contributed by atoms with Crippen LogP contribution in [0.15, 0.2) is 48.5 Å². The zero-order valence-electron chi connectivity index (χ0n) is 16.1. The Balaban J connectivity index is 2.25. The maximum atomic E-state index is 12.4. The van der Waals surface area contributed by atoms with Crippen molar-refractivity contribution in [3.8, 4) is 5.75 Å². The number of carbonyl (C=O) groups excluding carboxylic acids is 1. The van der Waals surface area contributed by atoms with Crippen LogP contribution in [0.1, 0.15) is 24.2 Å². The number of alkyl halides is 3. The van der Waals surface area contributed by atoms with Crippen molar-refractivity contribution in [1.82, 2.24) is 5.32 Å². The van der Waals surface area contributed by atoms with E-state index in [0.717, 1.165) is 9.87 Å². The Morgan fingerprint density at radius 1 is 1.27 bits per heavy atom. The van der Waals surface area contributed by atoms with Gasteiger partial charge in [0.25, 0.3) is 0 Å². The molecule has 11 heteroatoms.